The number of aliphatic carboxylic acids is 1. The average Bonchev–Trinajstić information content (AvgIpc) is 2.26. The van der Waals surface area contributed by atoms with E-state index in [2.05, 4.69) is 5.32 Å². The van der Waals surface area contributed by atoms with Crippen molar-refractivity contribution in [2.45, 2.75) is 19.4 Å². The fourth-order valence-electron chi connectivity index (χ4n) is 1.30. The van der Waals surface area contributed by atoms with E-state index in [0.29, 0.717) is 5.75 Å². The van der Waals surface area contributed by atoms with Crippen molar-refractivity contribution >= 4 is 11.9 Å². The predicted octanol–water partition coefficient (Wildman–Crippen LogP) is 1.04. The molecule has 0 aliphatic heterocycles. The molecular weight excluding hydrogens is 222 g/mol. The van der Waals surface area contributed by atoms with E-state index in [9.17, 15) is 9.59 Å². The molecule has 0 saturated carbocycles. The lowest BCUT2D eigenvalue weighted by molar-refractivity contribution is -0.137. The van der Waals surface area contributed by atoms with Gasteiger partial charge in [0.1, 0.15) is 5.75 Å². The van der Waals surface area contributed by atoms with Crippen LogP contribution in [0.5, 0.6) is 5.75 Å². The molecule has 0 fully saturated rings. The molecule has 2 N–H and O–H groups in total. The Labute approximate surface area is 99.4 Å². The largest absolute Gasteiger partial charge is 0.484 e. The number of ether oxygens (including phenoxy) is 1. The third-order valence-electron chi connectivity index (χ3n) is 2.00. The maximum absolute atomic E-state index is 11.4. The summed E-state index contributed by atoms with van der Waals surface area (Å²) in [5, 5.41) is 11.1. The van der Waals surface area contributed by atoms with Gasteiger partial charge in [0.25, 0.3) is 5.91 Å². The zero-order chi connectivity index (χ0) is 12.7. The molecule has 0 heterocycles. The molecule has 1 atom stereocenters. The van der Waals surface area contributed by atoms with E-state index in [4.69, 9.17) is 9.84 Å². The van der Waals surface area contributed by atoms with Gasteiger partial charge in [-0.05, 0) is 19.1 Å². The van der Waals surface area contributed by atoms with Crippen LogP contribution in [-0.4, -0.2) is 29.6 Å². The summed E-state index contributed by atoms with van der Waals surface area (Å²) in [5.74, 6) is -0.669. The number of carboxylic acids is 1. The Kier molecular flexibility index (Phi) is 5.00. The van der Waals surface area contributed by atoms with Gasteiger partial charge in [-0.2, -0.15) is 0 Å². The van der Waals surface area contributed by atoms with E-state index >= 15 is 0 Å². The molecule has 92 valence electrons. The van der Waals surface area contributed by atoms with Crippen LogP contribution in [0.3, 0.4) is 0 Å². The van der Waals surface area contributed by atoms with E-state index in [1.807, 2.05) is 6.07 Å². The van der Waals surface area contributed by atoms with Crippen molar-refractivity contribution in [1.29, 1.82) is 0 Å². The van der Waals surface area contributed by atoms with Gasteiger partial charge in [0, 0.05) is 6.04 Å². The average molecular weight is 237 g/mol. The van der Waals surface area contributed by atoms with Crippen LogP contribution in [0.4, 0.5) is 0 Å². The molecule has 5 heteroatoms. The highest BCUT2D eigenvalue weighted by molar-refractivity contribution is 5.78. The third-order valence-corrected chi connectivity index (χ3v) is 2.00. The zero-order valence-corrected chi connectivity index (χ0v) is 9.55. The van der Waals surface area contributed by atoms with E-state index in [-0.39, 0.29) is 18.9 Å². The first-order valence-corrected chi connectivity index (χ1v) is 5.27. The van der Waals surface area contributed by atoms with Crippen molar-refractivity contribution in [3.63, 3.8) is 0 Å². The van der Waals surface area contributed by atoms with E-state index < -0.39 is 12.0 Å². The van der Waals surface area contributed by atoms with Gasteiger partial charge in [0.15, 0.2) is 6.61 Å². The molecule has 0 aliphatic rings. The van der Waals surface area contributed by atoms with Gasteiger partial charge >= 0.3 is 5.97 Å². The minimum absolute atomic E-state index is 0.100. The van der Waals surface area contributed by atoms with Gasteiger partial charge in [-0.25, -0.2) is 0 Å². The van der Waals surface area contributed by atoms with E-state index in [1.165, 1.54) is 0 Å². The van der Waals surface area contributed by atoms with Crippen LogP contribution in [-0.2, 0) is 9.59 Å². The maximum Gasteiger partial charge on any atom is 0.305 e. The quantitative estimate of drug-likeness (QED) is 0.775. The number of carbonyl (C=O) groups excluding carboxylic acids is 1. The van der Waals surface area contributed by atoms with Crippen molar-refractivity contribution in [3.8, 4) is 5.75 Å². The molecule has 0 spiro atoms. The van der Waals surface area contributed by atoms with Gasteiger partial charge in [-0.3, -0.25) is 9.59 Å². The highest BCUT2D eigenvalue weighted by Crippen LogP contribution is 2.07. The van der Waals surface area contributed by atoms with Gasteiger partial charge in [-0.1, -0.05) is 18.2 Å². The van der Waals surface area contributed by atoms with Gasteiger partial charge < -0.3 is 15.2 Å². The first-order valence-electron chi connectivity index (χ1n) is 5.27. The van der Waals surface area contributed by atoms with Crippen molar-refractivity contribution in [3.05, 3.63) is 30.3 Å². The Morgan fingerprint density at radius 3 is 2.59 bits per heavy atom. The van der Waals surface area contributed by atoms with Crippen molar-refractivity contribution in [1.82, 2.24) is 5.32 Å². The number of hydrogen-bond acceptors (Lipinski definition) is 3. The summed E-state index contributed by atoms with van der Waals surface area (Å²) in [6.07, 6.45) is -0.100. The second kappa shape index (κ2) is 6.52. The lowest BCUT2D eigenvalue weighted by Gasteiger charge is -2.12. The molecule has 1 aromatic rings. The van der Waals surface area contributed by atoms with Gasteiger partial charge in [0.05, 0.1) is 6.42 Å². The van der Waals surface area contributed by atoms with Crippen LogP contribution >= 0.6 is 0 Å². The number of benzene rings is 1. The molecule has 0 saturated heterocycles. The fraction of sp³-hybridized carbons (Fsp3) is 0.333. The molecule has 0 aliphatic carbocycles. The number of hydrogen-bond donors (Lipinski definition) is 2. The first kappa shape index (κ1) is 13.0. The van der Waals surface area contributed by atoms with Crippen molar-refractivity contribution in [2.24, 2.45) is 0 Å². The molecule has 1 rings (SSSR count). The topological polar surface area (TPSA) is 75.6 Å². The van der Waals surface area contributed by atoms with Crippen molar-refractivity contribution in [2.75, 3.05) is 6.61 Å². The molecule has 17 heavy (non-hydrogen) atoms. The van der Waals surface area contributed by atoms with E-state index in [1.54, 1.807) is 31.2 Å². The summed E-state index contributed by atoms with van der Waals surface area (Å²) in [7, 11) is 0. The Bertz CT molecular complexity index is 377. The third kappa shape index (κ3) is 5.55. The summed E-state index contributed by atoms with van der Waals surface area (Å²) in [5.41, 5.74) is 0. The Morgan fingerprint density at radius 1 is 1.35 bits per heavy atom. The molecule has 0 radical (unpaired) electrons. The number of rotatable bonds is 6. The molecule has 0 bridgehead atoms. The van der Waals surface area contributed by atoms with Gasteiger partial charge in [-0.15, -0.1) is 0 Å². The summed E-state index contributed by atoms with van der Waals surface area (Å²) >= 11 is 0. The highest BCUT2D eigenvalue weighted by Gasteiger charge is 2.11. The number of amides is 1. The Morgan fingerprint density at radius 2 is 2.00 bits per heavy atom. The van der Waals surface area contributed by atoms with E-state index in [0.717, 1.165) is 0 Å². The Hall–Kier alpha value is -2.04. The van der Waals surface area contributed by atoms with Crippen LogP contribution in [0.25, 0.3) is 0 Å². The number of nitrogens with one attached hydrogen (secondary N) is 1. The van der Waals surface area contributed by atoms with Crippen LogP contribution in [0, 0.1) is 0 Å². The molecule has 5 nitrogen and oxygen atoms in total. The minimum Gasteiger partial charge on any atom is -0.484 e. The molecule has 1 aromatic carbocycles. The first-order chi connectivity index (χ1) is 8.08. The van der Waals surface area contributed by atoms with Crippen LogP contribution in [0.2, 0.25) is 0 Å². The summed E-state index contributed by atoms with van der Waals surface area (Å²) in [6, 6.07) is 8.55. The number of carbonyl (C=O) groups is 2. The molecular formula is C12H15NO4. The standard InChI is InChI=1S/C12H15NO4/c1-9(7-12(15)16)13-11(14)8-17-10-5-3-2-4-6-10/h2-6,9H,7-8H2,1H3,(H,13,14)(H,15,16). The summed E-state index contributed by atoms with van der Waals surface area (Å²) in [6.45, 7) is 1.52. The lowest BCUT2D eigenvalue weighted by Crippen LogP contribution is -2.37. The monoisotopic (exact) mass is 237 g/mol. The fourth-order valence-corrected chi connectivity index (χ4v) is 1.30. The predicted molar refractivity (Wildman–Crippen MR) is 61.8 cm³/mol. The second-order valence-electron chi connectivity index (χ2n) is 3.67. The normalized spacial score (nSPS) is 11.6. The van der Waals surface area contributed by atoms with Crippen LogP contribution < -0.4 is 10.1 Å². The summed E-state index contributed by atoms with van der Waals surface area (Å²) in [4.78, 5) is 21.8. The minimum atomic E-state index is -0.943. The molecule has 1 unspecified atom stereocenters. The van der Waals surface area contributed by atoms with Crippen LogP contribution in [0.1, 0.15) is 13.3 Å². The second-order valence-corrected chi connectivity index (χ2v) is 3.67. The number of carboxylic acid groups (broad SMARTS) is 1. The highest BCUT2D eigenvalue weighted by atomic mass is 16.5. The molecule has 1 amide bonds. The Balaban J connectivity index is 2.28. The lowest BCUT2D eigenvalue weighted by atomic mass is 10.2. The summed E-state index contributed by atoms with van der Waals surface area (Å²) < 4.78 is 5.21. The smallest absolute Gasteiger partial charge is 0.305 e. The maximum atomic E-state index is 11.4. The zero-order valence-electron chi connectivity index (χ0n) is 9.55. The number of para-hydroxylation sites is 1. The van der Waals surface area contributed by atoms with Gasteiger partial charge in [0.2, 0.25) is 0 Å². The van der Waals surface area contributed by atoms with Crippen LogP contribution in [0.15, 0.2) is 30.3 Å². The van der Waals surface area contributed by atoms with Crippen molar-refractivity contribution < 1.29 is 19.4 Å². The SMILES string of the molecule is CC(CC(=O)O)NC(=O)COc1ccccc1. The molecule has 0 aromatic heterocycles.